The molecule has 1 rings (SSSR count). The summed E-state index contributed by atoms with van der Waals surface area (Å²) in [5.41, 5.74) is 0.376. The Hall–Kier alpha value is -2.37. The number of esters is 2. The van der Waals surface area contributed by atoms with Crippen LogP contribution in [0.3, 0.4) is 0 Å². The Bertz CT molecular complexity index is 466. The number of benzene rings is 1. The minimum absolute atomic E-state index is 0.0817. The van der Waals surface area contributed by atoms with E-state index in [2.05, 4.69) is 10.1 Å². The highest BCUT2D eigenvalue weighted by atomic mass is 16.5. The fourth-order valence-corrected chi connectivity index (χ4v) is 1.30. The number of carbonyl (C=O) groups is 3. The topological polar surface area (TPSA) is 81.7 Å². The Morgan fingerprint density at radius 2 is 1.79 bits per heavy atom. The van der Waals surface area contributed by atoms with Crippen LogP contribution in [0.5, 0.6) is 5.75 Å². The standard InChI is InChI=1S/C13H15NO5/c1-9(15)14-8-7-12(16)19-11-5-3-10(4-6-11)13(17)18-2/h3-6H,7-8H2,1-2H3,(H,14,15). The van der Waals surface area contributed by atoms with Crippen LogP contribution in [-0.2, 0) is 14.3 Å². The molecule has 102 valence electrons. The van der Waals surface area contributed by atoms with Gasteiger partial charge in [0.25, 0.3) is 0 Å². The van der Waals surface area contributed by atoms with Gasteiger partial charge in [0.2, 0.25) is 5.91 Å². The van der Waals surface area contributed by atoms with Gasteiger partial charge in [0.05, 0.1) is 19.1 Å². The van der Waals surface area contributed by atoms with E-state index in [4.69, 9.17) is 4.74 Å². The van der Waals surface area contributed by atoms with Gasteiger partial charge in [-0.1, -0.05) is 0 Å². The third-order valence-corrected chi connectivity index (χ3v) is 2.21. The van der Waals surface area contributed by atoms with Crippen molar-refractivity contribution in [3.8, 4) is 5.75 Å². The predicted octanol–water partition coefficient (Wildman–Crippen LogP) is 0.905. The fourth-order valence-electron chi connectivity index (χ4n) is 1.30. The van der Waals surface area contributed by atoms with E-state index < -0.39 is 11.9 Å². The van der Waals surface area contributed by atoms with Crippen molar-refractivity contribution in [3.05, 3.63) is 29.8 Å². The van der Waals surface area contributed by atoms with Crippen molar-refractivity contribution in [2.75, 3.05) is 13.7 Å². The molecule has 1 aromatic rings. The van der Waals surface area contributed by atoms with Gasteiger partial charge in [-0.25, -0.2) is 4.79 Å². The Labute approximate surface area is 110 Å². The maximum atomic E-state index is 11.4. The van der Waals surface area contributed by atoms with E-state index >= 15 is 0 Å². The average molecular weight is 265 g/mol. The number of rotatable bonds is 5. The summed E-state index contributed by atoms with van der Waals surface area (Å²) in [5.74, 6) is -0.779. The molecular formula is C13H15NO5. The zero-order valence-electron chi connectivity index (χ0n) is 10.8. The molecule has 0 aliphatic rings. The first-order valence-corrected chi connectivity index (χ1v) is 5.66. The van der Waals surface area contributed by atoms with Crippen molar-refractivity contribution in [2.24, 2.45) is 0 Å². The van der Waals surface area contributed by atoms with Gasteiger partial charge in [-0.2, -0.15) is 0 Å². The highest BCUT2D eigenvalue weighted by Crippen LogP contribution is 2.13. The van der Waals surface area contributed by atoms with Gasteiger partial charge in [0, 0.05) is 13.5 Å². The Balaban J connectivity index is 2.46. The number of carbonyl (C=O) groups excluding carboxylic acids is 3. The molecule has 0 bridgehead atoms. The van der Waals surface area contributed by atoms with Gasteiger partial charge in [-0.05, 0) is 24.3 Å². The van der Waals surface area contributed by atoms with E-state index in [0.29, 0.717) is 11.3 Å². The molecule has 0 atom stereocenters. The lowest BCUT2D eigenvalue weighted by Gasteiger charge is -2.05. The first-order valence-electron chi connectivity index (χ1n) is 5.66. The second-order valence-electron chi connectivity index (χ2n) is 3.72. The molecule has 1 aromatic carbocycles. The van der Waals surface area contributed by atoms with Crippen molar-refractivity contribution in [2.45, 2.75) is 13.3 Å². The van der Waals surface area contributed by atoms with Crippen molar-refractivity contribution in [3.63, 3.8) is 0 Å². The fraction of sp³-hybridized carbons (Fsp3) is 0.308. The minimum atomic E-state index is -0.459. The van der Waals surface area contributed by atoms with E-state index in [1.54, 1.807) is 0 Å². The highest BCUT2D eigenvalue weighted by Gasteiger charge is 2.08. The third kappa shape index (κ3) is 5.20. The maximum absolute atomic E-state index is 11.4. The molecule has 6 heteroatoms. The number of nitrogens with one attached hydrogen (secondary N) is 1. The monoisotopic (exact) mass is 265 g/mol. The normalized spacial score (nSPS) is 9.58. The summed E-state index contributed by atoms with van der Waals surface area (Å²) >= 11 is 0. The molecule has 1 amide bonds. The lowest BCUT2D eigenvalue weighted by molar-refractivity contribution is -0.134. The molecule has 19 heavy (non-hydrogen) atoms. The van der Waals surface area contributed by atoms with Crippen LogP contribution < -0.4 is 10.1 Å². The summed E-state index contributed by atoms with van der Waals surface area (Å²) < 4.78 is 9.57. The predicted molar refractivity (Wildman–Crippen MR) is 66.7 cm³/mol. The highest BCUT2D eigenvalue weighted by molar-refractivity contribution is 5.89. The summed E-state index contributed by atoms with van der Waals surface area (Å²) in [6, 6.07) is 6.01. The van der Waals surface area contributed by atoms with Crippen molar-refractivity contribution in [1.29, 1.82) is 0 Å². The smallest absolute Gasteiger partial charge is 0.337 e. The van der Waals surface area contributed by atoms with Crippen LogP contribution in [0.15, 0.2) is 24.3 Å². The maximum Gasteiger partial charge on any atom is 0.337 e. The second kappa shape index (κ2) is 7.15. The van der Waals surface area contributed by atoms with Gasteiger partial charge < -0.3 is 14.8 Å². The Morgan fingerprint density at radius 1 is 1.16 bits per heavy atom. The molecule has 0 fully saturated rings. The lowest BCUT2D eigenvalue weighted by atomic mass is 10.2. The van der Waals surface area contributed by atoms with Crippen LogP contribution in [-0.4, -0.2) is 31.5 Å². The van der Waals surface area contributed by atoms with Crippen LogP contribution in [0.2, 0.25) is 0 Å². The van der Waals surface area contributed by atoms with Crippen LogP contribution in [0, 0.1) is 0 Å². The molecule has 6 nitrogen and oxygen atoms in total. The zero-order chi connectivity index (χ0) is 14.3. The second-order valence-corrected chi connectivity index (χ2v) is 3.72. The summed E-state index contributed by atoms with van der Waals surface area (Å²) in [6.45, 7) is 1.60. The number of hydrogen-bond donors (Lipinski definition) is 1. The van der Waals surface area contributed by atoms with E-state index in [1.807, 2.05) is 0 Å². The number of methoxy groups -OCH3 is 1. The molecule has 0 aliphatic carbocycles. The van der Waals surface area contributed by atoms with Crippen LogP contribution in [0.4, 0.5) is 0 Å². The lowest BCUT2D eigenvalue weighted by Crippen LogP contribution is -2.24. The largest absolute Gasteiger partial charge is 0.465 e. The molecule has 1 N–H and O–H groups in total. The van der Waals surface area contributed by atoms with E-state index in [0.717, 1.165) is 0 Å². The number of amides is 1. The molecule has 0 unspecified atom stereocenters. The molecule has 0 saturated carbocycles. The van der Waals surface area contributed by atoms with Crippen molar-refractivity contribution in [1.82, 2.24) is 5.32 Å². The van der Waals surface area contributed by atoms with Gasteiger partial charge in [-0.15, -0.1) is 0 Å². The minimum Gasteiger partial charge on any atom is -0.465 e. The molecule has 0 heterocycles. The van der Waals surface area contributed by atoms with E-state index in [9.17, 15) is 14.4 Å². The average Bonchev–Trinajstić information content (AvgIpc) is 2.38. The quantitative estimate of drug-likeness (QED) is 0.632. The SMILES string of the molecule is COC(=O)c1ccc(OC(=O)CCNC(C)=O)cc1. The summed E-state index contributed by atoms with van der Waals surface area (Å²) in [7, 11) is 1.29. The third-order valence-electron chi connectivity index (χ3n) is 2.21. The van der Waals surface area contributed by atoms with Crippen LogP contribution in [0.1, 0.15) is 23.7 Å². The molecule has 0 spiro atoms. The number of ether oxygens (including phenoxy) is 2. The Morgan fingerprint density at radius 3 is 2.32 bits per heavy atom. The van der Waals surface area contributed by atoms with Crippen LogP contribution in [0.25, 0.3) is 0 Å². The number of hydrogen-bond acceptors (Lipinski definition) is 5. The summed E-state index contributed by atoms with van der Waals surface area (Å²) in [4.78, 5) is 33.2. The molecule has 0 saturated heterocycles. The van der Waals surface area contributed by atoms with Gasteiger partial charge in [-0.3, -0.25) is 9.59 Å². The molecular weight excluding hydrogens is 250 g/mol. The molecule has 0 aliphatic heterocycles. The zero-order valence-corrected chi connectivity index (χ0v) is 10.8. The van der Waals surface area contributed by atoms with E-state index in [-0.39, 0.29) is 18.9 Å². The van der Waals surface area contributed by atoms with Gasteiger partial charge >= 0.3 is 11.9 Å². The van der Waals surface area contributed by atoms with Crippen LogP contribution >= 0.6 is 0 Å². The van der Waals surface area contributed by atoms with Crippen molar-refractivity contribution < 1.29 is 23.9 Å². The molecule has 0 aromatic heterocycles. The van der Waals surface area contributed by atoms with E-state index in [1.165, 1.54) is 38.3 Å². The Kier molecular flexibility index (Phi) is 5.53. The van der Waals surface area contributed by atoms with Crippen molar-refractivity contribution >= 4 is 17.8 Å². The van der Waals surface area contributed by atoms with Gasteiger partial charge in [0.15, 0.2) is 0 Å². The summed E-state index contributed by atoms with van der Waals surface area (Å²) in [6.07, 6.45) is 0.0817. The first-order chi connectivity index (χ1) is 9.02. The molecule has 0 radical (unpaired) electrons. The first kappa shape index (κ1) is 14.7. The van der Waals surface area contributed by atoms with Gasteiger partial charge in [0.1, 0.15) is 5.75 Å². The summed E-state index contributed by atoms with van der Waals surface area (Å²) in [5, 5.41) is 2.49.